The standard InChI is InChI=1S/C18H19Cl2N3O3S2/c19-12-8-13(20)10-15(9-12)23-28(24,25)17-5-3-14(4-6-17)22-18(27)21-11-16-2-1-7-26-16/h3-6,8-10,16,23H,1-2,7,11H2,(H2,21,22,27). The van der Waals surface area contributed by atoms with Gasteiger partial charge in [-0.3, -0.25) is 4.72 Å². The van der Waals surface area contributed by atoms with E-state index in [1.54, 1.807) is 12.1 Å². The summed E-state index contributed by atoms with van der Waals surface area (Å²) < 4.78 is 33.1. The normalized spacial score (nSPS) is 16.6. The second-order valence-electron chi connectivity index (χ2n) is 6.26. The van der Waals surface area contributed by atoms with Crippen molar-refractivity contribution < 1.29 is 13.2 Å². The first-order chi connectivity index (χ1) is 13.3. The molecule has 150 valence electrons. The third-order valence-corrected chi connectivity index (χ3v) is 6.13. The van der Waals surface area contributed by atoms with Crippen LogP contribution in [-0.2, 0) is 14.8 Å². The van der Waals surface area contributed by atoms with E-state index in [4.69, 9.17) is 40.2 Å². The third-order valence-electron chi connectivity index (χ3n) is 4.05. The predicted molar refractivity (Wildman–Crippen MR) is 117 cm³/mol. The number of benzene rings is 2. The highest BCUT2D eigenvalue weighted by atomic mass is 35.5. The topological polar surface area (TPSA) is 79.5 Å². The van der Waals surface area contributed by atoms with Gasteiger partial charge in [-0.15, -0.1) is 0 Å². The van der Waals surface area contributed by atoms with Crippen LogP contribution >= 0.6 is 35.4 Å². The quantitative estimate of drug-likeness (QED) is 0.560. The van der Waals surface area contributed by atoms with Crippen molar-refractivity contribution in [2.24, 2.45) is 0 Å². The summed E-state index contributed by atoms with van der Waals surface area (Å²) in [6, 6.07) is 10.7. The Kier molecular flexibility index (Phi) is 7.00. The number of ether oxygens (including phenoxy) is 1. The fourth-order valence-corrected chi connectivity index (χ4v) is 4.50. The summed E-state index contributed by atoms with van der Waals surface area (Å²) in [6.07, 6.45) is 2.27. The van der Waals surface area contributed by atoms with Crippen LogP contribution in [0.1, 0.15) is 12.8 Å². The van der Waals surface area contributed by atoms with Crippen LogP contribution in [-0.4, -0.2) is 32.8 Å². The lowest BCUT2D eigenvalue weighted by atomic mass is 10.2. The first-order valence-corrected chi connectivity index (χ1v) is 11.2. The summed E-state index contributed by atoms with van der Waals surface area (Å²) in [5.41, 5.74) is 0.966. The van der Waals surface area contributed by atoms with Crippen molar-refractivity contribution in [1.82, 2.24) is 5.32 Å². The van der Waals surface area contributed by atoms with Gasteiger partial charge in [0.15, 0.2) is 5.11 Å². The summed E-state index contributed by atoms with van der Waals surface area (Å²) >= 11 is 17.1. The molecule has 0 aromatic heterocycles. The average molecular weight is 460 g/mol. The average Bonchev–Trinajstić information content (AvgIpc) is 3.13. The molecule has 3 rings (SSSR count). The van der Waals surface area contributed by atoms with Crippen LogP contribution in [0.5, 0.6) is 0 Å². The number of hydrogen-bond donors (Lipinski definition) is 3. The van der Waals surface area contributed by atoms with Gasteiger partial charge in [-0.2, -0.15) is 0 Å². The van der Waals surface area contributed by atoms with Gasteiger partial charge in [-0.25, -0.2) is 8.42 Å². The largest absolute Gasteiger partial charge is 0.376 e. The van der Waals surface area contributed by atoms with Crippen LogP contribution in [0.15, 0.2) is 47.4 Å². The van der Waals surface area contributed by atoms with Crippen molar-refractivity contribution in [3.8, 4) is 0 Å². The Labute approximate surface area is 179 Å². The molecule has 3 N–H and O–H groups in total. The molecule has 1 heterocycles. The Morgan fingerprint density at radius 2 is 1.79 bits per heavy atom. The second kappa shape index (κ2) is 9.28. The zero-order valence-electron chi connectivity index (χ0n) is 14.7. The third kappa shape index (κ3) is 5.96. The van der Waals surface area contributed by atoms with Crippen molar-refractivity contribution in [2.75, 3.05) is 23.2 Å². The van der Waals surface area contributed by atoms with Crippen LogP contribution in [0.3, 0.4) is 0 Å². The van der Waals surface area contributed by atoms with E-state index < -0.39 is 10.0 Å². The molecule has 0 bridgehead atoms. The molecule has 0 saturated carbocycles. The lowest BCUT2D eigenvalue weighted by Crippen LogP contribution is -2.34. The van der Waals surface area contributed by atoms with E-state index in [1.165, 1.54) is 30.3 Å². The number of rotatable bonds is 6. The maximum absolute atomic E-state index is 12.5. The molecule has 0 aliphatic carbocycles. The minimum Gasteiger partial charge on any atom is -0.376 e. The highest BCUT2D eigenvalue weighted by Gasteiger charge is 2.16. The summed E-state index contributed by atoms with van der Waals surface area (Å²) in [6.45, 7) is 1.43. The van der Waals surface area contributed by atoms with Gasteiger partial charge in [-0.05, 0) is 67.5 Å². The van der Waals surface area contributed by atoms with Crippen LogP contribution in [0.4, 0.5) is 11.4 Å². The van der Waals surface area contributed by atoms with Crippen LogP contribution < -0.4 is 15.4 Å². The highest BCUT2D eigenvalue weighted by Crippen LogP contribution is 2.25. The van der Waals surface area contributed by atoms with Gasteiger partial charge < -0.3 is 15.4 Å². The van der Waals surface area contributed by atoms with E-state index in [-0.39, 0.29) is 11.0 Å². The van der Waals surface area contributed by atoms with Crippen molar-refractivity contribution in [3.05, 3.63) is 52.5 Å². The molecule has 28 heavy (non-hydrogen) atoms. The summed E-state index contributed by atoms with van der Waals surface area (Å²) in [5, 5.41) is 7.26. The Hall–Kier alpha value is -1.58. The van der Waals surface area contributed by atoms with Gasteiger partial charge in [0.2, 0.25) is 0 Å². The molecular formula is C18H19Cl2N3O3S2. The highest BCUT2D eigenvalue weighted by molar-refractivity contribution is 7.92. The first-order valence-electron chi connectivity index (χ1n) is 8.57. The number of sulfonamides is 1. The number of thiocarbonyl (C=S) groups is 1. The number of hydrogen-bond acceptors (Lipinski definition) is 4. The smallest absolute Gasteiger partial charge is 0.261 e. The van der Waals surface area contributed by atoms with Crippen molar-refractivity contribution in [2.45, 2.75) is 23.8 Å². The van der Waals surface area contributed by atoms with Gasteiger partial charge in [-0.1, -0.05) is 23.2 Å². The number of nitrogens with one attached hydrogen (secondary N) is 3. The fourth-order valence-electron chi connectivity index (χ4n) is 2.73. The summed E-state index contributed by atoms with van der Waals surface area (Å²) in [7, 11) is -3.77. The predicted octanol–water partition coefficient (Wildman–Crippen LogP) is 4.26. The zero-order chi connectivity index (χ0) is 20.1. The number of halogens is 2. The minimum atomic E-state index is -3.77. The Balaban J connectivity index is 1.60. The van der Waals surface area contributed by atoms with Crippen LogP contribution in [0.2, 0.25) is 10.0 Å². The zero-order valence-corrected chi connectivity index (χ0v) is 17.9. The molecule has 1 unspecified atom stereocenters. The van der Waals surface area contributed by atoms with Crippen molar-refractivity contribution >= 4 is 61.9 Å². The Morgan fingerprint density at radius 1 is 1.11 bits per heavy atom. The molecule has 1 fully saturated rings. The molecule has 0 spiro atoms. The maximum atomic E-state index is 12.5. The van der Waals surface area contributed by atoms with Gasteiger partial charge >= 0.3 is 0 Å². The minimum absolute atomic E-state index is 0.104. The van der Waals surface area contributed by atoms with Crippen LogP contribution in [0.25, 0.3) is 0 Å². The molecule has 0 radical (unpaired) electrons. The van der Waals surface area contributed by atoms with E-state index >= 15 is 0 Å². The van der Waals surface area contributed by atoms with Gasteiger partial charge in [0.1, 0.15) is 0 Å². The van der Waals surface area contributed by atoms with E-state index in [0.29, 0.717) is 33.1 Å². The molecule has 1 aliphatic rings. The van der Waals surface area contributed by atoms with Crippen LogP contribution in [0, 0.1) is 0 Å². The van der Waals surface area contributed by atoms with Crippen molar-refractivity contribution in [1.29, 1.82) is 0 Å². The monoisotopic (exact) mass is 459 g/mol. The lowest BCUT2D eigenvalue weighted by Gasteiger charge is -2.14. The molecule has 0 amide bonds. The molecular weight excluding hydrogens is 441 g/mol. The molecule has 1 aliphatic heterocycles. The fraction of sp³-hybridized carbons (Fsp3) is 0.278. The van der Waals surface area contributed by atoms with E-state index in [2.05, 4.69) is 15.4 Å². The Bertz CT molecular complexity index is 927. The summed E-state index contributed by atoms with van der Waals surface area (Å²) in [5.74, 6) is 0. The van der Waals surface area contributed by atoms with Gasteiger partial charge in [0, 0.05) is 28.9 Å². The second-order valence-corrected chi connectivity index (χ2v) is 9.22. The summed E-state index contributed by atoms with van der Waals surface area (Å²) in [4.78, 5) is 0.104. The van der Waals surface area contributed by atoms with Gasteiger partial charge in [0.25, 0.3) is 10.0 Å². The molecule has 1 saturated heterocycles. The van der Waals surface area contributed by atoms with E-state index in [0.717, 1.165) is 19.4 Å². The lowest BCUT2D eigenvalue weighted by molar-refractivity contribution is 0.114. The van der Waals surface area contributed by atoms with Gasteiger partial charge in [0.05, 0.1) is 16.7 Å². The molecule has 2 aromatic carbocycles. The molecule has 10 heteroatoms. The number of anilines is 2. The maximum Gasteiger partial charge on any atom is 0.261 e. The SMILES string of the molecule is O=S(=O)(Nc1cc(Cl)cc(Cl)c1)c1ccc(NC(=S)NCC2CCCO2)cc1. The van der Waals surface area contributed by atoms with Crippen molar-refractivity contribution in [3.63, 3.8) is 0 Å². The van der Waals surface area contributed by atoms with E-state index in [1.807, 2.05) is 0 Å². The Morgan fingerprint density at radius 3 is 2.39 bits per heavy atom. The molecule has 6 nitrogen and oxygen atoms in total. The van der Waals surface area contributed by atoms with E-state index in [9.17, 15) is 8.42 Å². The molecule has 1 atom stereocenters. The molecule has 2 aromatic rings. The first kappa shape index (κ1) is 21.1.